The Kier molecular flexibility index (Phi) is 6.36. The lowest BCUT2D eigenvalue weighted by molar-refractivity contribution is -0.120. The lowest BCUT2D eigenvalue weighted by Crippen LogP contribution is -2.48. The standard InChI is InChI=1S/C21H23ClN4O3S/c22-18-9-8-17(30-18)21(29)25-16-3-1-2-15(16)20(28)24-13-4-6-14(7-5-13)26-11-10-23-12-19(26)27/h4-9,15-16,23H,1-3,10-12H2,(H,24,28)(H,25,29)/t15-,16+/m0/s1. The highest BCUT2D eigenvalue weighted by Crippen LogP contribution is 2.29. The summed E-state index contributed by atoms with van der Waals surface area (Å²) in [4.78, 5) is 39.6. The van der Waals surface area contributed by atoms with E-state index in [1.165, 1.54) is 11.3 Å². The van der Waals surface area contributed by atoms with Crippen LogP contribution in [0.5, 0.6) is 0 Å². The van der Waals surface area contributed by atoms with Crippen molar-refractivity contribution in [1.29, 1.82) is 0 Å². The van der Waals surface area contributed by atoms with Gasteiger partial charge in [0, 0.05) is 30.5 Å². The van der Waals surface area contributed by atoms with Gasteiger partial charge in [-0.1, -0.05) is 18.0 Å². The number of benzene rings is 1. The zero-order chi connectivity index (χ0) is 21.1. The van der Waals surface area contributed by atoms with Crippen molar-refractivity contribution in [3.8, 4) is 0 Å². The Hall–Kier alpha value is -2.42. The number of rotatable bonds is 5. The summed E-state index contributed by atoms with van der Waals surface area (Å²) in [6.45, 7) is 1.73. The number of halogens is 1. The number of anilines is 2. The minimum Gasteiger partial charge on any atom is -0.348 e. The first-order valence-corrected chi connectivity index (χ1v) is 11.2. The minimum absolute atomic E-state index is 0.0367. The van der Waals surface area contributed by atoms with E-state index in [1.807, 2.05) is 12.1 Å². The number of carbonyl (C=O) groups excluding carboxylic acids is 3. The van der Waals surface area contributed by atoms with Gasteiger partial charge in [-0.15, -0.1) is 11.3 Å². The summed E-state index contributed by atoms with van der Waals surface area (Å²) in [7, 11) is 0. The maximum atomic E-state index is 12.8. The van der Waals surface area contributed by atoms with Crippen molar-refractivity contribution in [3.05, 3.63) is 45.6 Å². The van der Waals surface area contributed by atoms with Gasteiger partial charge in [0.05, 0.1) is 21.7 Å². The van der Waals surface area contributed by atoms with Gasteiger partial charge in [-0.2, -0.15) is 0 Å². The highest BCUT2D eigenvalue weighted by molar-refractivity contribution is 7.18. The lowest BCUT2D eigenvalue weighted by atomic mass is 10.0. The number of nitrogens with zero attached hydrogens (tertiary/aromatic N) is 1. The summed E-state index contributed by atoms with van der Waals surface area (Å²) >= 11 is 7.13. The van der Waals surface area contributed by atoms with Crippen LogP contribution in [0.25, 0.3) is 0 Å². The molecule has 1 aliphatic heterocycles. The maximum Gasteiger partial charge on any atom is 0.261 e. The van der Waals surface area contributed by atoms with Gasteiger partial charge >= 0.3 is 0 Å². The molecule has 2 aromatic rings. The van der Waals surface area contributed by atoms with Crippen molar-refractivity contribution in [3.63, 3.8) is 0 Å². The molecule has 158 valence electrons. The van der Waals surface area contributed by atoms with Crippen molar-refractivity contribution >= 4 is 52.0 Å². The molecule has 9 heteroatoms. The third-order valence-corrected chi connectivity index (χ3v) is 6.73. The molecule has 0 radical (unpaired) electrons. The van der Waals surface area contributed by atoms with Crippen molar-refractivity contribution in [2.75, 3.05) is 29.9 Å². The third kappa shape index (κ3) is 4.66. The summed E-state index contributed by atoms with van der Waals surface area (Å²) in [6, 6.07) is 10.5. The van der Waals surface area contributed by atoms with Gasteiger partial charge in [-0.25, -0.2) is 0 Å². The first-order valence-electron chi connectivity index (χ1n) is 9.99. The van der Waals surface area contributed by atoms with E-state index in [4.69, 9.17) is 11.6 Å². The molecular weight excluding hydrogens is 424 g/mol. The monoisotopic (exact) mass is 446 g/mol. The first kappa shape index (κ1) is 20.8. The Balaban J connectivity index is 1.36. The molecule has 0 bridgehead atoms. The number of hydrogen-bond acceptors (Lipinski definition) is 5. The number of carbonyl (C=O) groups is 3. The van der Waals surface area contributed by atoms with E-state index in [1.54, 1.807) is 29.2 Å². The molecule has 1 aliphatic carbocycles. The molecule has 2 fully saturated rings. The van der Waals surface area contributed by atoms with E-state index in [9.17, 15) is 14.4 Å². The van der Waals surface area contributed by atoms with Crippen molar-refractivity contribution < 1.29 is 14.4 Å². The van der Waals surface area contributed by atoms with Crippen LogP contribution in [0.2, 0.25) is 4.34 Å². The third-order valence-electron chi connectivity index (χ3n) is 5.50. The average Bonchev–Trinajstić information content (AvgIpc) is 3.38. The van der Waals surface area contributed by atoms with Crippen molar-refractivity contribution in [1.82, 2.24) is 10.6 Å². The molecule has 1 aromatic carbocycles. The van der Waals surface area contributed by atoms with Gasteiger partial charge in [0.25, 0.3) is 5.91 Å². The van der Waals surface area contributed by atoms with Gasteiger partial charge in [0.15, 0.2) is 0 Å². The lowest BCUT2D eigenvalue weighted by Gasteiger charge is -2.27. The predicted molar refractivity (Wildman–Crippen MR) is 118 cm³/mol. The maximum absolute atomic E-state index is 12.8. The zero-order valence-corrected chi connectivity index (χ0v) is 17.9. The van der Waals surface area contributed by atoms with Gasteiger partial charge in [-0.05, 0) is 49.2 Å². The van der Waals surface area contributed by atoms with Crippen LogP contribution in [0.4, 0.5) is 11.4 Å². The van der Waals surface area contributed by atoms with E-state index >= 15 is 0 Å². The van der Waals surface area contributed by atoms with Crippen LogP contribution < -0.4 is 20.9 Å². The first-order chi connectivity index (χ1) is 14.5. The molecule has 3 N–H and O–H groups in total. The van der Waals surface area contributed by atoms with Crippen LogP contribution in [0.3, 0.4) is 0 Å². The molecule has 1 aromatic heterocycles. The Morgan fingerprint density at radius 1 is 1.13 bits per heavy atom. The van der Waals surface area contributed by atoms with Crippen molar-refractivity contribution in [2.45, 2.75) is 25.3 Å². The smallest absolute Gasteiger partial charge is 0.261 e. The van der Waals surface area contributed by atoms with E-state index < -0.39 is 0 Å². The zero-order valence-electron chi connectivity index (χ0n) is 16.3. The van der Waals surface area contributed by atoms with Gasteiger partial charge in [-0.3, -0.25) is 14.4 Å². The van der Waals surface area contributed by atoms with Gasteiger partial charge in [0.2, 0.25) is 11.8 Å². The number of nitrogens with one attached hydrogen (secondary N) is 3. The van der Waals surface area contributed by atoms with E-state index in [0.29, 0.717) is 28.0 Å². The molecule has 2 aliphatic rings. The van der Waals surface area contributed by atoms with Crippen LogP contribution >= 0.6 is 22.9 Å². The second-order valence-electron chi connectivity index (χ2n) is 7.48. The molecule has 2 heterocycles. The molecule has 1 saturated carbocycles. The SMILES string of the molecule is O=C(N[C@@H]1CCC[C@@H]1C(=O)Nc1ccc(N2CCNCC2=O)cc1)c1ccc(Cl)s1. The molecule has 7 nitrogen and oxygen atoms in total. The second kappa shape index (κ2) is 9.16. The van der Waals surface area contributed by atoms with Crippen LogP contribution in [0.15, 0.2) is 36.4 Å². The molecule has 0 unspecified atom stereocenters. The van der Waals surface area contributed by atoms with Crippen LogP contribution in [-0.2, 0) is 9.59 Å². The van der Waals surface area contributed by atoms with Gasteiger partial charge < -0.3 is 20.9 Å². The fourth-order valence-electron chi connectivity index (χ4n) is 3.96. The molecular formula is C21H23ClN4O3S. The topological polar surface area (TPSA) is 90.5 Å². The van der Waals surface area contributed by atoms with Crippen LogP contribution in [0, 0.1) is 5.92 Å². The fraction of sp³-hybridized carbons (Fsp3) is 0.381. The molecule has 2 atom stereocenters. The summed E-state index contributed by atoms with van der Waals surface area (Å²) in [6.07, 6.45) is 2.39. The number of thiophene rings is 1. The largest absolute Gasteiger partial charge is 0.348 e. The normalized spacial score (nSPS) is 21.5. The number of hydrogen-bond donors (Lipinski definition) is 3. The van der Waals surface area contributed by atoms with E-state index in [2.05, 4.69) is 16.0 Å². The fourth-order valence-corrected chi connectivity index (χ4v) is 4.91. The summed E-state index contributed by atoms with van der Waals surface area (Å²) in [5.74, 6) is -0.539. The summed E-state index contributed by atoms with van der Waals surface area (Å²) in [5, 5.41) is 8.98. The molecule has 4 rings (SSSR count). The average molecular weight is 447 g/mol. The Morgan fingerprint density at radius 2 is 1.93 bits per heavy atom. The molecule has 1 saturated heterocycles. The summed E-state index contributed by atoms with van der Waals surface area (Å²) < 4.78 is 0.562. The molecule has 3 amide bonds. The summed E-state index contributed by atoms with van der Waals surface area (Å²) in [5.41, 5.74) is 1.49. The second-order valence-corrected chi connectivity index (χ2v) is 9.19. The predicted octanol–water partition coefficient (Wildman–Crippen LogP) is 2.87. The Morgan fingerprint density at radius 3 is 2.63 bits per heavy atom. The van der Waals surface area contributed by atoms with E-state index in [-0.39, 0.29) is 29.7 Å². The number of amides is 3. The Labute approximate surface area is 183 Å². The molecule has 30 heavy (non-hydrogen) atoms. The quantitative estimate of drug-likeness (QED) is 0.658. The number of piperazine rings is 1. The van der Waals surface area contributed by atoms with Crippen LogP contribution in [0.1, 0.15) is 28.9 Å². The highest BCUT2D eigenvalue weighted by Gasteiger charge is 2.34. The highest BCUT2D eigenvalue weighted by atomic mass is 35.5. The van der Waals surface area contributed by atoms with Crippen molar-refractivity contribution in [2.24, 2.45) is 5.92 Å². The van der Waals surface area contributed by atoms with E-state index in [0.717, 1.165) is 31.5 Å². The Bertz CT molecular complexity index is 946. The van der Waals surface area contributed by atoms with Gasteiger partial charge in [0.1, 0.15) is 0 Å². The molecule has 0 spiro atoms. The minimum atomic E-state index is -0.279. The van der Waals surface area contributed by atoms with Crippen LogP contribution in [-0.4, -0.2) is 43.4 Å².